The van der Waals surface area contributed by atoms with Crippen molar-refractivity contribution in [3.63, 3.8) is 0 Å². The van der Waals surface area contributed by atoms with Crippen molar-refractivity contribution in [3.05, 3.63) is 0 Å². The molecule has 3 unspecified atom stereocenters. The maximum absolute atomic E-state index is 11.3. The molecule has 110 valence electrons. The highest BCUT2D eigenvalue weighted by Gasteiger charge is 2.36. The van der Waals surface area contributed by atoms with Crippen LogP contribution in [-0.4, -0.2) is 23.7 Å². The first kappa shape index (κ1) is 16.0. The van der Waals surface area contributed by atoms with E-state index in [0.717, 1.165) is 38.5 Å². The minimum Gasteiger partial charge on any atom is -0.481 e. The zero-order valence-corrected chi connectivity index (χ0v) is 12.3. The quantitative estimate of drug-likeness (QED) is 0.752. The molecule has 0 aromatic heterocycles. The topological polar surface area (TPSA) is 63.6 Å². The maximum atomic E-state index is 11.3. The van der Waals surface area contributed by atoms with Gasteiger partial charge < -0.3 is 9.84 Å². The molecule has 1 fully saturated rings. The summed E-state index contributed by atoms with van der Waals surface area (Å²) < 4.78 is 5.15. The molecular formula is C15H26O4. The summed E-state index contributed by atoms with van der Waals surface area (Å²) in [6.07, 6.45) is 5.61. The van der Waals surface area contributed by atoms with E-state index in [2.05, 4.69) is 13.8 Å². The van der Waals surface area contributed by atoms with E-state index in [4.69, 9.17) is 4.74 Å². The highest BCUT2D eigenvalue weighted by molar-refractivity contribution is 5.70. The normalized spacial score (nSPS) is 26.5. The molecule has 0 heterocycles. The number of carboxylic acid groups (broad SMARTS) is 1. The van der Waals surface area contributed by atoms with Crippen molar-refractivity contribution < 1.29 is 19.4 Å². The SMILES string of the molecule is CCC(C)(COC(C)=O)CC1CCCCC1C(=O)O. The lowest BCUT2D eigenvalue weighted by Crippen LogP contribution is -2.34. The molecule has 0 radical (unpaired) electrons. The van der Waals surface area contributed by atoms with Gasteiger partial charge in [0.05, 0.1) is 12.5 Å². The van der Waals surface area contributed by atoms with Crippen molar-refractivity contribution in [2.24, 2.45) is 17.3 Å². The number of esters is 1. The number of rotatable bonds is 6. The van der Waals surface area contributed by atoms with Gasteiger partial charge in [-0.05, 0) is 31.6 Å². The van der Waals surface area contributed by atoms with E-state index >= 15 is 0 Å². The van der Waals surface area contributed by atoms with Gasteiger partial charge in [-0.1, -0.05) is 26.7 Å². The maximum Gasteiger partial charge on any atom is 0.306 e. The predicted molar refractivity (Wildman–Crippen MR) is 72.7 cm³/mol. The Kier molecular flexibility index (Phi) is 5.83. The van der Waals surface area contributed by atoms with Crippen molar-refractivity contribution in [3.8, 4) is 0 Å². The smallest absolute Gasteiger partial charge is 0.306 e. The van der Waals surface area contributed by atoms with Crippen molar-refractivity contribution >= 4 is 11.9 Å². The fourth-order valence-electron chi connectivity index (χ4n) is 2.99. The molecule has 4 heteroatoms. The Labute approximate surface area is 115 Å². The Morgan fingerprint density at radius 1 is 1.32 bits per heavy atom. The molecule has 1 saturated carbocycles. The molecule has 0 aromatic carbocycles. The lowest BCUT2D eigenvalue weighted by molar-refractivity contribution is -0.148. The van der Waals surface area contributed by atoms with Crippen LogP contribution >= 0.6 is 0 Å². The van der Waals surface area contributed by atoms with Crippen LogP contribution in [0.4, 0.5) is 0 Å². The summed E-state index contributed by atoms with van der Waals surface area (Å²) in [5.41, 5.74) is -0.110. The third-order valence-electron chi connectivity index (χ3n) is 4.46. The summed E-state index contributed by atoms with van der Waals surface area (Å²) in [7, 11) is 0. The first-order valence-electron chi connectivity index (χ1n) is 7.24. The zero-order chi connectivity index (χ0) is 14.5. The van der Waals surface area contributed by atoms with Crippen LogP contribution in [0, 0.1) is 17.3 Å². The van der Waals surface area contributed by atoms with Gasteiger partial charge in [0.1, 0.15) is 0 Å². The first-order valence-corrected chi connectivity index (χ1v) is 7.24. The number of aliphatic carboxylic acids is 1. The standard InChI is InChI=1S/C15H26O4/c1-4-15(3,10-19-11(2)16)9-12-7-5-6-8-13(12)14(17)18/h12-13H,4-10H2,1-3H3,(H,17,18). The van der Waals surface area contributed by atoms with E-state index in [9.17, 15) is 14.7 Å². The third kappa shape index (κ3) is 4.84. The van der Waals surface area contributed by atoms with E-state index < -0.39 is 5.97 Å². The van der Waals surface area contributed by atoms with Gasteiger partial charge in [0.2, 0.25) is 0 Å². The van der Waals surface area contributed by atoms with E-state index in [1.54, 1.807) is 0 Å². The summed E-state index contributed by atoms with van der Waals surface area (Å²) >= 11 is 0. The number of hydrogen-bond donors (Lipinski definition) is 1. The number of carbonyl (C=O) groups is 2. The van der Waals surface area contributed by atoms with E-state index in [-0.39, 0.29) is 23.2 Å². The van der Waals surface area contributed by atoms with E-state index in [0.29, 0.717) is 6.61 Å². The average Bonchev–Trinajstić information content (AvgIpc) is 2.37. The minimum atomic E-state index is -0.671. The predicted octanol–water partition coefficient (Wildman–Crippen LogP) is 3.25. The molecule has 1 N–H and O–H groups in total. The second kappa shape index (κ2) is 6.92. The molecule has 4 nitrogen and oxygen atoms in total. The van der Waals surface area contributed by atoms with Gasteiger partial charge in [-0.25, -0.2) is 0 Å². The first-order chi connectivity index (χ1) is 8.88. The molecule has 1 aliphatic carbocycles. The van der Waals surface area contributed by atoms with E-state index in [1.165, 1.54) is 6.92 Å². The number of ether oxygens (including phenoxy) is 1. The Balaban J connectivity index is 2.66. The summed E-state index contributed by atoms with van der Waals surface area (Å²) in [5, 5.41) is 9.31. The number of carbonyl (C=O) groups excluding carboxylic acids is 1. The fourth-order valence-corrected chi connectivity index (χ4v) is 2.99. The average molecular weight is 270 g/mol. The van der Waals surface area contributed by atoms with Crippen molar-refractivity contribution in [1.82, 2.24) is 0 Å². The van der Waals surface area contributed by atoms with Gasteiger partial charge in [-0.3, -0.25) is 9.59 Å². The highest BCUT2D eigenvalue weighted by Crippen LogP contribution is 2.40. The van der Waals surface area contributed by atoms with E-state index in [1.807, 2.05) is 0 Å². The molecule has 3 atom stereocenters. The summed E-state index contributed by atoms with van der Waals surface area (Å²) in [6.45, 7) is 5.96. The van der Waals surface area contributed by atoms with Crippen LogP contribution in [-0.2, 0) is 14.3 Å². The van der Waals surface area contributed by atoms with Crippen molar-refractivity contribution in [2.45, 2.75) is 59.3 Å². The zero-order valence-electron chi connectivity index (χ0n) is 12.3. The van der Waals surface area contributed by atoms with Crippen LogP contribution in [0.1, 0.15) is 59.3 Å². The van der Waals surface area contributed by atoms with Crippen molar-refractivity contribution in [2.75, 3.05) is 6.61 Å². The Morgan fingerprint density at radius 2 is 1.95 bits per heavy atom. The van der Waals surface area contributed by atoms with Crippen LogP contribution in [0.25, 0.3) is 0 Å². The molecule has 0 bridgehead atoms. The molecule has 1 rings (SSSR count). The van der Waals surface area contributed by atoms with Gasteiger partial charge in [0, 0.05) is 12.3 Å². The van der Waals surface area contributed by atoms with Crippen LogP contribution in [0.5, 0.6) is 0 Å². The fraction of sp³-hybridized carbons (Fsp3) is 0.867. The Morgan fingerprint density at radius 3 is 2.47 bits per heavy atom. The minimum absolute atomic E-state index is 0.110. The molecule has 0 amide bonds. The lowest BCUT2D eigenvalue weighted by atomic mass is 9.70. The largest absolute Gasteiger partial charge is 0.481 e. The van der Waals surface area contributed by atoms with Gasteiger partial charge >= 0.3 is 11.9 Å². The molecule has 0 aliphatic heterocycles. The summed E-state index contributed by atoms with van der Waals surface area (Å²) in [4.78, 5) is 22.3. The second-order valence-corrected chi connectivity index (χ2v) is 6.14. The monoisotopic (exact) mass is 270 g/mol. The number of carboxylic acids is 1. The van der Waals surface area contributed by atoms with Gasteiger partial charge in [-0.2, -0.15) is 0 Å². The number of hydrogen-bond acceptors (Lipinski definition) is 3. The van der Waals surface area contributed by atoms with Crippen molar-refractivity contribution in [1.29, 1.82) is 0 Å². The van der Waals surface area contributed by atoms with Crippen LogP contribution in [0.3, 0.4) is 0 Å². The van der Waals surface area contributed by atoms with Crippen LogP contribution in [0.2, 0.25) is 0 Å². The van der Waals surface area contributed by atoms with Crippen LogP contribution in [0.15, 0.2) is 0 Å². The summed E-state index contributed by atoms with van der Waals surface area (Å²) in [6, 6.07) is 0. The van der Waals surface area contributed by atoms with Gasteiger partial charge in [0.15, 0.2) is 0 Å². The lowest BCUT2D eigenvalue weighted by Gasteiger charge is -2.36. The molecule has 19 heavy (non-hydrogen) atoms. The Bertz CT molecular complexity index is 326. The summed E-state index contributed by atoms with van der Waals surface area (Å²) in [5.74, 6) is -0.947. The second-order valence-electron chi connectivity index (χ2n) is 6.14. The Hall–Kier alpha value is -1.06. The molecular weight excluding hydrogens is 244 g/mol. The molecule has 0 spiro atoms. The third-order valence-corrected chi connectivity index (χ3v) is 4.46. The molecule has 0 aromatic rings. The molecule has 1 aliphatic rings. The molecule has 0 saturated heterocycles. The highest BCUT2D eigenvalue weighted by atomic mass is 16.5. The van der Waals surface area contributed by atoms with Gasteiger partial charge in [-0.15, -0.1) is 0 Å². The van der Waals surface area contributed by atoms with Crippen LogP contribution < -0.4 is 0 Å². The van der Waals surface area contributed by atoms with Gasteiger partial charge in [0.25, 0.3) is 0 Å².